The normalized spacial score (nSPS) is 20.9. The lowest BCUT2D eigenvalue weighted by Gasteiger charge is -2.13. The Hall–Kier alpha value is -1.17. The summed E-state index contributed by atoms with van der Waals surface area (Å²) < 4.78 is 4.12. The van der Waals surface area contributed by atoms with Crippen LogP contribution in [-0.2, 0) is 4.79 Å². The van der Waals surface area contributed by atoms with Gasteiger partial charge in [-0.15, -0.1) is 0 Å². The van der Waals surface area contributed by atoms with Gasteiger partial charge in [0, 0.05) is 31.0 Å². The standard InChI is InChI=1S/C9H13N3O2S/c1-6-10-9(15-11-6)12-3-2-7(5-12)4-8(13)14/h7H,2-5H2,1H3,(H,13,14). The van der Waals surface area contributed by atoms with E-state index in [-0.39, 0.29) is 12.3 Å². The van der Waals surface area contributed by atoms with Crippen molar-refractivity contribution < 1.29 is 9.90 Å². The summed E-state index contributed by atoms with van der Waals surface area (Å²) in [5.74, 6) is 0.332. The second kappa shape index (κ2) is 4.14. The first-order valence-corrected chi connectivity index (χ1v) is 5.69. The Bertz CT molecular complexity index is 366. The molecule has 1 fully saturated rings. The summed E-state index contributed by atoms with van der Waals surface area (Å²) in [4.78, 5) is 17.0. The van der Waals surface area contributed by atoms with Gasteiger partial charge >= 0.3 is 5.97 Å². The molecular weight excluding hydrogens is 214 g/mol. The highest BCUT2D eigenvalue weighted by Crippen LogP contribution is 2.26. The number of hydrogen-bond acceptors (Lipinski definition) is 5. The third-order valence-corrected chi connectivity index (χ3v) is 3.40. The molecule has 2 heterocycles. The predicted octanol–water partition coefficient (Wildman–Crippen LogP) is 1.15. The molecule has 0 aromatic carbocycles. The molecule has 0 saturated carbocycles. The molecule has 0 spiro atoms. The number of carbonyl (C=O) groups is 1. The number of rotatable bonds is 3. The van der Waals surface area contributed by atoms with Gasteiger partial charge in [-0.3, -0.25) is 4.79 Å². The number of aryl methyl sites for hydroxylation is 1. The fourth-order valence-corrected chi connectivity index (χ4v) is 2.54. The Kier molecular flexibility index (Phi) is 2.86. The van der Waals surface area contributed by atoms with Gasteiger partial charge in [-0.05, 0) is 19.3 Å². The van der Waals surface area contributed by atoms with Gasteiger partial charge in [-0.25, -0.2) is 4.98 Å². The average molecular weight is 227 g/mol. The van der Waals surface area contributed by atoms with Gasteiger partial charge in [0.1, 0.15) is 5.82 Å². The van der Waals surface area contributed by atoms with Crippen LogP contribution in [0.2, 0.25) is 0 Å². The Morgan fingerprint density at radius 3 is 3.13 bits per heavy atom. The molecule has 1 atom stereocenters. The third kappa shape index (κ3) is 2.44. The van der Waals surface area contributed by atoms with Crippen LogP contribution in [0, 0.1) is 12.8 Å². The summed E-state index contributed by atoms with van der Waals surface area (Å²) in [6.45, 7) is 3.55. The second-order valence-corrected chi connectivity index (χ2v) is 4.55. The lowest BCUT2D eigenvalue weighted by molar-refractivity contribution is -0.137. The highest BCUT2D eigenvalue weighted by atomic mass is 32.1. The van der Waals surface area contributed by atoms with Crippen molar-refractivity contribution in [2.45, 2.75) is 19.8 Å². The van der Waals surface area contributed by atoms with E-state index in [1.165, 1.54) is 11.5 Å². The Morgan fingerprint density at radius 2 is 2.53 bits per heavy atom. The number of hydrogen-bond donors (Lipinski definition) is 1. The van der Waals surface area contributed by atoms with E-state index in [2.05, 4.69) is 14.3 Å². The molecule has 0 radical (unpaired) electrons. The molecule has 0 amide bonds. The summed E-state index contributed by atoms with van der Waals surface area (Å²) >= 11 is 1.39. The lowest BCUT2D eigenvalue weighted by Crippen LogP contribution is -2.20. The molecular formula is C9H13N3O2S. The van der Waals surface area contributed by atoms with Gasteiger partial charge in [0.15, 0.2) is 0 Å². The maximum Gasteiger partial charge on any atom is 0.303 e. The van der Waals surface area contributed by atoms with Gasteiger partial charge in [-0.1, -0.05) is 0 Å². The van der Waals surface area contributed by atoms with Crippen molar-refractivity contribution in [3.63, 3.8) is 0 Å². The van der Waals surface area contributed by atoms with E-state index in [9.17, 15) is 4.79 Å². The number of carboxylic acids is 1. The van der Waals surface area contributed by atoms with Gasteiger partial charge < -0.3 is 10.0 Å². The van der Waals surface area contributed by atoms with Gasteiger partial charge in [0.25, 0.3) is 0 Å². The van der Waals surface area contributed by atoms with Crippen LogP contribution in [0.15, 0.2) is 0 Å². The van der Waals surface area contributed by atoms with Crippen LogP contribution in [-0.4, -0.2) is 33.5 Å². The summed E-state index contributed by atoms with van der Waals surface area (Å²) in [6.07, 6.45) is 1.19. The second-order valence-electron chi connectivity index (χ2n) is 3.82. The topological polar surface area (TPSA) is 66.3 Å². The zero-order valence-corrected chi connectivity index (χ0v) is 9.33. The van der Waals surface area contributed by atoms with Crippen LogP contribution in [0.4, 0.5) is 5.13 Å². The Labute approximate surface area is 91.9 Å². The number of anilines is 1. The molecule has 1 N–H and O–H groups in total. The van der Waals surface area contributed by atoms with Crippen molar-refractivity contribution in [2.75, 3.05) is 18.0 Å². The van der Waals surface area contributed by atoms with Crippen molar-refractivity contribution in [3.8, 4) is 0 Å². The highest BCUT2D eigenvalue weighted by Gasteiger charge is 2.26. The van der Waals surface area contributed by atoms with Crippen LogP contribution < -0.4 is 4.90 Å². The zero-order chi connectivity index (χ0) is 10.8. The Balaban J connectivity index is 1.95. The van der Waals surface area contributed by atoms with Crippen molar-refractivity contribution in [3.05, 3.63) is 5.82 Å². The molecule has 1 aliphatic rings. The third-order valence-electron chi connectivity index (χ3n) is 2.54. The van der Waals surface area contributed by atoms with Crippen molar-refractivity contribution in [1.29, 1.82) is 0 Å². The van der Waals surface area contributed by atoms with Crippen LogP contribution in [0.5, 0.6) is 0 Å². The van der Waals surface area contributed by atoms with Crippen molar-refractivity contribution in [1.82, 2.24) is 9.36 Å². The van der Waals surface area contributed by atoms with Gasteiger partial charge in [0.05, 0.1) is 0 Å². The smallest absolute Gasteiger partial charge is 0.303 e. The molecule has 82 valence electrons. The molecule has 2 rings (SSSR count). The predicted molar refractivity (Wildman–Crippen MR) is 57.2 cm³/mol. The maximum atomic E-state index is 10.6. The minimum atomic E-state index is -0.713. The van der Waals surface area contributed by atoms with Crippen molar-refractivity contribution in [2.24, 2.45) is 5.92 Å². The number of carboxylic acid groups (broad SMARTS) is 1. The van der Waals surface area contributed by atoms with Gasteiger partial charge in [0.2, 0.25) is 5.13 Å². The van der Waals surface area contributed by atoms with E-state index in [1.807, 2.05) is 6.92 Å². The molecule has 1 aromatic rings. The first-order valence-electron chi connectivity index (χ1n) is 4.92. The van der Waals surface area contributed by atoms with Crippen LogP contribution >= 0.6 is 11.5 Å². The van der Waals surface area contributed by atoms with Crippen LogP contribution in [0.1, 0.15) is 18.7 Å². The lowest BCUT2D eigenvalue weighted by atomic mass is 10.1. The molecule has 15 heavy (non-hydrogen) atoms. The molecule has 1 unspecified atom stereocenters. The minimum absolute atomic E-state index is 0.256. The van der Waals surface area contributed by atoms with E-state index in [0.29, 0.717) is 0 Å². The molecule has 1 aliphatic heterocycles. The van der Waals surface area contributed by atoms with E-state index in [1.54, 1.807) is 0 Å². The van der Waals surface area contributed by atoms with Gasteiger partial charge in [-0.2, -0.15) is 4.37 Å². The average Bonchev–Trinajstić information content (AvgIpc) is 2.72. The van der Waals surface area contributed by atoms with Crippen molar-refractivity contribution >= 4 is 22.6 Å². The summed E-state index contributed by atoms with van der Waals surface area (Å²) in [5.41, 5.74) is 0. The van der Waals surface area contributed by atoms with Crippen LogP contribution in [0.25, 0.3) is 0 Å². The molecule has 6 heteroatoms. The Morgan fingerprint density at radius 1 is 1.73 bits per heavy atom. The fourth-order valence-electron chi connectivity index (χ4n) is 1.83. The van der Waals surface area contributed by atoms with E-state index in [4.69, 9.17) is 5.11 Å². The largest absolute Gasteiger partial charge is 0.481 e. The zero-order valence-electron chi connectivity index (χ0n) is 8.51. The fraction of sp³-hybridized carbons (Fsp3) is 0.667. The quantitative estimate of drug-likeness (QED) is 0.839. The minimum Gasteiger partial charge on any atom is -0.481 e. The molecule has 1 saturated heterocycles. The van der Waals surface area contributed by atoms with Crippen LogP contribution in [0.3, 0.4) is 0 Å². The molecule has 0 bridgehead atoms. The summed E-state index contributed by atoms with van der Waals surface area (Å²) in [6, 6.07) is 0. The number of nitrogens with zero attached hydrogens (tertiary/aromatic N) is 3. The number of aliphatic carboxylic acids is 1. The molecule has 1 aromatic heterocycles. The first kappa shape index (κ1) is 10.4. The summed E-state index contributed by atoms with van der Waals surface area (Å²) in [7, 11) is 0. The summed E-state index contributed by atoms with van der Waals surface area (Å²) in [5, 5.41) is 9.61. The molecule has 5 nitrogen and oxygen atoms in total. The SMILES string of the molecule is Cc1nsc(N2CCC(CC(=O)O)C2)n1. The first-order chi connectivity index (χ1) is 7.15. The monoisotopic (exact) mass is 227 g/mol. The number of aromatic nitrogens is 2. The van der Waals surface area contributed by atoms with E-state index < -0.39 is 5.97 Å². The van der Waals surface area contributed by atoms with E-state index >= 15 is 0 Å². The maximum absolute atomic E-state index is 10.6. The van der Waals surface area contributed by atoms with E-state index in [0.717, 1.165) is 30.5 Å². The highest BCUT2D eigenvalue weighted by molar-refractivity contribution is 7.09. The molecule has 0 aliphatic carbocycles.